The molecule has 136 valence electrons. The second kappa shape index (κ2) is 7.84. The SMILES string of the molecule is CCn1c(=O)[nH]c2cc(C(=O)N3CCC(NC)CC3)ccc2c1=O.Cl. The van der Waals surface area contributed by atoms with Gasteiger partial charge in [-0.05, 0) is 45.0 Å². The number of aromatic amines is 1. The minimum atomic E-state index is -0.450. The van der Waals surface area contributed by atoms with Gasteiger partial charge in [0.05, 0.1) is 10.9 Å². The Kier molecular flexibility index (Phi) is 6.02. The van der Waals surface area contributed by atoms with E-state index in [-0.39, 0.29) is 23.9 Å². The number of nitrogens with one attached hydrogen (secondary N) is 2. The van der Waals surface area contributed by atoms with Crippen molar-refractivity contribution in [1.82, 2.24) is 19.8 Å². The first-order valence-corrected chi connectivity index (χ1v) is 8.28. The number of hydrogen-bond donors (Lipinski definition) is 2. The number of fused-ring (bicyclic) bond motifs is 1. The topological polar surface area (TPSA) is 87.2 Å². The molecule has 2 N–H and O–H groups in total. The lowest BCUT2D eigenvalue weighted by Crippen LogP contribution is -2.44. The van der Waals surface area contributed by atoms with Gasteiger partial charge in [-0.2, -0.15) is 0 Å². The fourth-order valence-corrected chi connectivity index (χ4v) is 3.23. The highest BCUT2D eigenvalue weighted by molar-refractivity contribution is 5.97. The molecule has 1 amide bonds. The van der Waals surface area contributed by atoms with Crippen LogP contribution in [-0.2, 0) is 6.54 Å². The predicted octanol–water partition coefficient (Wildman–Crippen LogP) is 0.956. The van der Waals surface area contributed by atoms with Crippen molar-refractivity contribution >= 4 is 29.2 Å². The third kappa shape index (κ3) is 3.62. The molecule has 0 spiro atoms. The molecule has 3 rings (SSSR count). The Morgan fingerprint density at radius 1 is 1.28 bits per heavy atom. The van der Waals surface area contributed by atoms with Crippen molar-refractivity contribution in [3.63, 3.8) is 0 Å². The van der Waals surface area contributed by atoms with Crippen molar-refractivity contribution in [2.45, 2.75) is 32.4 Å². The smallest absolute Gasteiger partial charge is 0.328 e. The summed E-state index contributed by atoms with van der Waals surface area (Å²) in [5, 5.41) is 3.65. The maximum absolute atomic E-state index is 12.7. The summed E-state index contributed by atoms with van der Waals surface area (Å²) in [4.78, 5) is 41.4. The largest absolute Gasteiger partial charge is 0.339 e. The number of benzene rings is 1. The van der Waals surface area contributed by atoms with Crippen molar-refractivity contribution in [1.29, 1.82) is 0 Å². The molecular formula is C17H23ClN4O3. The molecule has 1 aromatic heterocycles. The van der Waals surface area contributed by atoms with Crippen LogP contribution in [-0.4, -0.2) is 46.5 Å². The molecule has 7 nitrogen and oxygen atoms in total. The van der Waals surface area contributed by atoms with Crippen LogP contribution in [0.2, 0.25) is 0 Å². The van der Waals surface area contributed by atoms with Crippen LogP contribution in [0.15, 0.2) is 27.8 Å². The third-order valence-corrected chi connectivity index (χ3v) is 4.74. The number of piperidine rings is 1. The summed E-state index contributed by atoms with van der Waals surface area (Å²) in [5.74, 6) is -0.0630. The van der Waals surface area contributed by atoms with Gasteiger partial charge in [0, 0.05) is 31.2 Å². The van der Waals surface area contributed by atoms with E-state index < -0.39 is 5.69 Å². The number of H-pyrrole nitrogens is 1. The van der Waals surface area contributed by atoms with Gasteiger partial charge in [-0.1, -0.05) is 0 Å². The average molecular weight is 367 g/mol. The summed E-state index contributed by atoms with van der Waals surface area (Å²) in [6.07, 6.45) is 1.85. The van der Waals surface area contributed by atoms with E-state index in [1.54, 1.807) is 25.1 Å². The number of aromatic nitrogens is 2. The van der Waals surface area contributed by atoms with Crippen molar-refractivity contribution in [3.05, 3.63) is 44.6 Å². The summed E-state index contributed by atoms with van der Waals surface area (Å²) >= 11 is 0. The van der Waals surface area contributed by atoms with Gasteiger partial charge < -0.3 is 15.2 Å². The molecule has 0 saturated carbocycles. The molecule has 0 aliphatic carbocycles. The molecule has 1 aliphatic heterocycles. The quantitative estimate of drug-likeness (QED) is 0.846. The normalized spacial score (nSPS) is 15.2. The molecule has 2 heterocycles. The van der Waals surface area contributed by atoms with E-state index >= 15 is 0 Å². The van der Waals surface area contributed by atoms with Gasteiger partial charge in [0.15, 0.2) is 0 Å². The summed E-state index contributed by atoms with van der Waals surface area (Å²) in [5.41, 5.74) is 0.125. The van der Waals surface area contributed by atoms with E-state index in [1.165, 1.54) is 0 Å². The fraction of sp³-hybridized carbons (Fsp3) is 0.471. The fourth-order valence-electron chi connectivity index (χ4n) is 3.23. The first-order valence-electron chi connectivity index (χ1n) is 8.28. The molecule has 1 aromatic carbocycles. The summed E-state index contributed by atoms with van der Waals surface area (Å²) in [6, 6.07) is 5.33. The zero-order valence-electron chi connectivity index (χ0n) is 14.4. The van der Waals surface area contributed by atoms with Crippen LogP contribution in [0.5, 0.6) is 0 Å². The maximum Gasteiger partial charge on any atom is 0.328 e. The van der Waals surface area contributed by atoms with Gasteiger partial charge in [0.25, 0.3) is 11.5 Å². The summed E-state index contributed by atoms with van der Waals surface area (Å²) < 4.78 is 1.15. The Balaban J connectivity index is 0.00000225. The Morgan fingerprint density at radius 3 is 2.56 bits per heavy atom. The van der Waals surface area contributed by atoms with Crippen LogP contribution < -0.4 is 16.6 Å². The molecule has 8 heteroatoms. The number of nitrogens with zero attached hydrogens (tertiary/aromatic N) is 2. The van der Waals surface area contributed by atoms with Crippen LogP contribution in [0, 0.1) is 0 Å². The lowest BCUT2D eigenvalue weighted by molar-refractivity contribution is 0.0707. The molecule has 1 aliphatic rings. The van der Waals surface area contributed by atoms with Crippen molar-refractivity contribution in [2.24, 2.45) is 0 Å². The van der Waals surface area contributed by atoms with Crippen LogP contribution in [0.1, 0.15) is 30.1 Å². The van der Waals surface area contributed by atoms with Gasteiger partial charge in [-0.25, -0.2) is 4.79 Å². The standard InChI is InChI=1S/C17H22N4O3.ClH/c1-3-21-16(23)13-5-4-11(10-14(13)19-17(21)24)15(22)20-8-6-12(18-2)7-9-20;/h4-5,10,12,18H,3,6-9H2,1-2H3,(H,19,24);1H. The summed E-state index contributed by atoms with van der Waals surface area (Å²) in [6.45, 7) is 3.47. The lowest BCUT2D eigenvalue weighted by Gasteiger charge is -2.31. The second-order valence-corrected chi connectivity index (χ2v) is 6.10. The molecule has 2 aromatic rings. The monoisotopic (exact) mass is 366 g/mol. The van der Waals surface area contributed by atoms with E-state index in [0.29, 0.717) is 42.1 Å². The van der Waals surface area contributed by atoms with Crippen molar-refractivity contribution < 1.29 is 4.79 Å². The van der Waals surface area contributed by atoms with Gasteiger partial charge >= 0.3 is 5.69 Å². The molecule has 1 fully saturated rings. The number of carbonyl (C=O) groups excluding carboxylic acids is 1. The number of rotatable bonds is 3. The van der Waals surface area contributed by atoms with Gasteiger partial charge in [-0.15, -0.1) is 12.4 Å². The zero-order valence-corrected chi connectivity index (χ0v) is 15.2. The average Bonchev–Trinajstić information content (AvgIpc) is 2.61. The van der Waals surface area contributed by atoms with E-state index in [0.717, 1.165) is 17.4 Å². The number of likely N-dealkylation sites (tertiary alicyclic amines) is 1. The Morgan fingerprint density at radius 2 is 1.96 bits per heavy atom. The lowest BCUT2D eigenvalue weighted by atomic mass is 10.0. The Hall–Kier alpha value is -2.12. The van der Waals surface area contributed by atoms with Gasteiger partial charge in [0.2, 0.25) is 0 Å². The summed E-state index contributed by atoms with van der Waals surface area (Å²) in [7, 11) is 1.94. The van der Waals surface area contributed by atoms with Crippen molar-refractivity contribution in [2.75, 3.05) is 20.1 Å². The molecule has 0 unspecified atom stereocenters. The van der Waals surface area contributed by atoms with Gasteiger partial charge in [0.1, 0.15) is 0 Å². The zero-order chi connectivity index (χ0) is 17.3. The minimum Gasteiger partial charge on any atom is -0.339 e. The van der Waals surface area contributed by atoms with E-state index in [9.17, 15) is 14.4 Å². The molecular weight excluding hydrogens is 344 g/mol. The molecule has 0 bridgehead atoms. The van der Waals surface area contributed by atoms with Crippen LogP contribution in [0.4, 0.5) is 0 Å². The first-order chi connectivity index (χ1) is 11.5. The van der Waals surface area contributed by atoms with Crippen LogP contribution in [0.25, 0.3) is 10.9 Å². The van der Waals surface area contributed by atoms with Crippen LogP contribution in [0.3, 0.4) is 0 Å². The van der Waals surface area contributed by atoms with Crippen LogP contribution >= 0.6 is 12.4 Å². The number of hydrogen-bond acceptors (Lipinski definition) is 4. The maximum atomic E-state index is 12.7. The highest BCUT2D eigenvalue weighted by Crippen LogP contribution is 2.16. The van der Waals surface area contributed by atoms with Gasteiger partial charge in [-0.3, -0.25) is 14.2 Å². The Labute approximate surface area is 151 Å². The molecule has 1 saturated heterocycles. The molecule has 25 heavy (non-hydrogen) atoms. The Bertz CT molecular complexity index is 882. The number of carbonyl (C=O) groups is 1. The number of halogens is 1. The van der Waals surface area contributed by atoms with E-state index in [2.05, 4.69) is 10.3 Å². The predicted molar refractivity (Wildman–Crippen MR) is 99.7 cm³/mol. The second-order valence-electron chi connectivity index (χ2n) is 6.10. The van der Waals surface area contributed by atoms with E-state index in [4.69, 9.17) is 0 Å². The first kappa shape index (κ1) is 19.2. The molecule has 0 atom stereocenters. The minimum absolute atomic E-state index is 0. The van der Waals surface area contributed by atoms with Crippen molar-refractivity contribution in [3.8, 4) is 0 Å². The third-order valence-electron chi connectivity index (χ3n) is 4.74. The number of amides is 1. The highest BCUT2D eigenvalue weighted by Gasteiger charge is 2.23. The molecule has 0 radical (unpaired) electrons. The van der Waals surface area contributed by atoms with E-state index in [1.807, 2.05) is 11.9 Å². The highest BCUT2D eigenvalue weighted by atomic mass is 35.5.